The normalized spacial score (nSPS) is 11.8. The third-order valence-corrected chi connectivity index (χ3v) is 3.69. The van der Waals surface area contributed by atoms with Gasteiger partial charge in [0.15, 0.2) is 5.82 Å². The third kappa shape index (κ3) is 4.96. The molecule has 0 saturated heterocycles. The van der Waals surface area contributed by atoms with Gasteiger partial charge in [0.1, 0.15) is 18.2 Å². The summed E-state index contributed by atoms with van der Waals surface area (Å²) in [4.78, 5) is 8.89. The Bertz CT molecular complexity index is 394. The van der Waals surface area contributed by atoms with Crippen LogP contribution in [0.3, 0.4) is 0 Å². The maximum absolute atomic E-state index is 5.12. The molecular formula is C15H28N4O. The van der Waals surface area contributed by atoms with Crippen LogP contribution >= 0.6 is 0 Å². The average Bonchev–Trinajstić information content (AvgIpc) is 2.37. The van der Waals surface area contributed by atoms with Gasteiger partial charge in [-0.15, -0.1) is 0 Å². The van der Waals surface area contributed by atoms with Gasteiger partial charge < -0.3 is 15.4 Å². The van der Waals surface area contributed by atoms with Crippen molar-refractivity contribution in [2.45, 2.75) is 41.2 Å². The molecule has 0 unspecified atom stereocenters. The van der Waals surface area contributed by atoms with Crippen LogP contribution in [0.25, 0.3) is 0 Å². The van der Waals surface area contributed by atoms with Crippen LogP contribution in [0.1, 0.15) is 40.4 Å². The Hall–Kier alpha value is -1.36. The standard InChI is InChI=1S/C15H28N4O/c1-7-16-12-8-13(19-14(18-12)9-20-6)17-10-15(4,5)11(2)3/h8,11H,7,9-10H2,1-6H3,(H2,16,17,18,19). The third-order valence-electron chi connectivity index (χ3n) is 3.69. The van der Waals surface area contributed by atoms with E-state index in [1.807, 2.05) is 13.0 Å². The molecule has 0 radical (unpaired) electrons. The highest BCUT2D eigenvalue weighted by Crippen LogP contribution is 2.26. The number of aromatic nitrogens is 2. The van der Waals surface area contributed by atoms with E-state index in [-0.39, 0.29) is 5.41 Å². The highest BCUT2D eigenvalue weighted by Gasteiger charge is 2.22. The molecule has 1 heterocycles. The summed E-state index contributed by atoms with van der Waals surface area (Å²) in [5.41, 5.74) is 0.213. The van der Waals surface area contributed by atoms with Gasteiger partial charge in [-0.2, -0.15) is 0 Å². The van der Waals surface area contributed by atoms with Crippen LogP contribution in [-0.2, 0) is 11.3 Å². The van der Waals surface area contributed by atoms with Gasteiger partial charge in [0.2, 0.25) is 0 Å². The van der Waals surface area contributed by atoms with Gasteiger partial charge >= 0.3 is 0 Å². The van der Waals surface area contributed by atoms with E-state index in [0.717, 1.165) is 24.7 Å². The Morgan fingerprint density at radius 2 is 1.80 bits per heavy atom. The van der Waals surface area contributed by atoms with E-state index < -0.39 is 0 Å². The molecule has 1 aromatic heterocycles. The summed E-state index contributed by atoms with van der Waals surface area (Å²) in [6.45, 7) is 13.2. The molecule has 0 spiro atoms. The fourth-order valence-corrected chi connectivity index (χ4v) is 1.58. The molecule has 0 fully saturated rings. The molecule has 2 N–H and O–H groups in total. The van der Waals surface area contributed by atoms with Crippen LogP contribution in [-0.4, -0.2) is 30.2 Å². The van der Waals surface area contributed by atoms with Gasteiger partial charge in [0.05, 0.1) is 0 Å². The minimum atomic E-state index is 0.213. The Balaban J connectivity index is 2.82. The predicted molar refractivity (Wildman–Crippen MR) is 84.0 cm³/mol. The fourth-order valence-electron chi connectivity index (χ4n) is 1.58. The van der Waals surface area contributed by atoms with Crippen molar-refractivity contribution in [2.24, 2.45) is 11.3 Å². The van der Waals surface area contributed by atoms with Crippen molar-refractivity contribution >= 4 is 11.6 Å². The summed E-state index contributed by atoms with van der Waals surface area (Å²) >= 11 is 0. The maximum atomic E-state index is 5.12. The van der Waals surface area contributed by atoms with Gasteiger partial charge in [-0.05, 0) is 18.3 Å². The molecule has 0 atom stereocenters. The Kier molecular flexibility index (Phi) is 6.20. The van der Waals surface area contributed by atoms with Crippen molar-refractivity contribution in [3.63, 3.8) is 0 Å². The molecule has 0 amide bonds. The number of hydrogen-bond acceptors (Lipinski definition) is 5. The fraction of sp³-hybridized carbons (Fsp3) is 0.733. The molecule has 0 bridgehead atoms. The average molecular weight is 280 g/mol. The monoisotopic (exact) mass is 280 g/mol. The summed E-state index contributed by atoms with van der Waals surface area (Å²) in [5, 5.41) is 6.64. The van der Waals surface area contributed by atoms with Crippen molar-refractivity contribution in [1.82, 2.24) is 9.97 Å². The minimum absolute atomic E-state index is 0.213. The molecule has 0 aliphatic carbocycles. The molecule has 5 heteroatoms. The van der Waals surface area contributed by atoms with Crippen LogP contribution in [0, 0.1) is 11.3 Å². The number of methoxy groups -OCH3 is 1. The summed E-state index contributed by atoms with van der Waals surface area (Å²) < 4.78 is 5.12. The molecule has 5 nitrogen and oxygen atoms in total. The van der Waals surface area contributed by atoms with Crippen LogP contribution in [0.5, 0.6) is 0 Å². The van der Waals surface area contributed by atoms with Crippen molar-refractivity contribution in [3.05, 3.63) is 11.9 Å². The Morgan fingerprint density at radius 3 is 2.30 bits per heavy atom. The Labute approximate surface area is 122 Å². The van der Waals surface area contributed by atoms with Crippen molar-refractivity contribution in [2.75, 3.05) is 30.8 Å². The second kappa shape index (κ2) is 7.43. The first-order valence-corrected chi connectivity index (χ1v) is 7.23. The molecule has 20 heavy (non-hydrogen) atoms. The quantitative estimate of drug-likeness (QED) is 0.766. The second-order valence-electron chi connectivity index (χ2n) is 6.01. The first kappa shape index (κ1) is 16.7. The van der Waals surface area contributed by atoms with Gasteiger partial charge in [0, 0.05) is 26.3 Å². The van der Waals surface area contributed by atoms with Crippen LogP contribution < -0.4 is 10.6 Å². The van der Waals surface area contributed by atoms with E-state index in [4.69, 9.17) is 4.74 Å². The lowest BCUT2D eigenvalue weighted by Gasteiger charge is -2.29. The predicted octanol–water partition coefficient (Wildman–Crippen LogP) is 3.15. The number of hydrogen-bond donors (Lipinski definition) is 2. The van der Waals surface area contributed by atoms with Crippen molar-refractivity contribution in [3.8, 4) is 0 Å². The molecule has 114 valence electrons. The molecular weight excluding hydrogens is 252 g/mol. The molecule has 0 saturated carbocycles. The lowest BCUT2D eigenvalue weighted by atomic mass is 9.81. The van der Waals surface area contributed by atoms with E-state index in [9.17, 15) is 0 Å². The van der Waals surface area contributed by atoms with Crippen molar-refractivity contribution in [1.29, 1.82) is 0 Å². The van der Waals surface area contributed by atoms with Crippen LogP contribution in [0.2, 0.25) is 0 Å². The zero-order valence-corrected chi connectivity index (χ0v) is 13.6. The smallest absolute Gasteiger partial charge is 0.158 e. The van der Waals surface area contributed by atoms with E-state index in [1.54, 1.807) is 7.11 Å². The van der Waals surface area contributed by atoms with Gasteiger partial charge in [0.25, 0.3) is 0 Å². The first-order chi connectivity index (χ1) is 9.39. The molecule has 0 aliphatic heterocycles. The highest BCUT2D eigenvalue weighted by molar-refractivity contribution is 5.47. The van der Waals surface area contributed by atoms with E-state index >= 15 is 0 Å². The minimum Gasteiger partial charge on any atom is -0.377 e. The number of rotatable bonds is 8. The van der Waals surface area contributed by atoms with E-state index in [0.29, 0.717) is 18.3 Å². The van der Waals surface area contributed by atoms with Gasteiger partial charge in [-0.3, -0.25) is 0 Å². The number of ether oxygens (including phenoxy) is 1. The topological polar surface area (TPSA) is 59.1 Å². The number of nitrogens with zero attached hydrogens (tertiary/aromatic N) is 2. The number of anilines is 2. The summed E-state index contributed by atoms with van der Waals surface area (Å²) in [6.07, 6.45) is 0. The molecule has 0 aliphatic rings. The van der Waals surface area contributed by atoms with Crippen molar-refractivity contribution < 1.29 is 4.74 Å². The van der Waals surface area contributed by atoms with Gasteiger partial charge in [-0.1, -0.05) is 27.7 Å². The van der Waals surface area contributed by atoms with E-state index in [1.165, 1.54) is 0 Å². The SMILES string of the molecule is CCNc1cc(NCC(C)(C)C(C)C)nc(COC)n1. The zero-order valence-electron chi connectivity index (χ0n) is 13.6. The zero-order chi connectivity index (χ0) is 15.2. The number of nitrogens with one attached hydrogen (secondary N) is 2. The second-order valence-corrected chi connectivity index (χ2v) is 6.01. The van der Waals surface area contributed by atoms with Crippen LogP contribution in [0.4, 0.5) is 11.6 Å². The largest absolute Gasteiger partial charge is 0.377 e. The van der Waals surface area contributed by atoms with Crippen LogP contribution in [0.15, 0.2) is 6.07 Å². The first-order valence-electron chi connectivity index (χ1n) is 7.23. The summed E-state index contributed by atoms with van der Waals surface area (Å²) in [5.74, 6) is 2.97. The summed E-state index contributed by atoms with van der Waals surface area (Å²) in [6, 6.07) is 1.94. The molecule has 1 aromatic rings. The lowest BCUT2D eigenvalue weighted by Crippen LogP contribution is -2.29. The molecule has 1 rings (SSSR count). The summed E-state index contributed by atoms with van der Waals surface area (Å²) in [7, 11) is 1.65. The Morgan fingerprint density at radius 1 is 1.20 bits per heavy atom. The lowest BCUT2D eigenvalue weighted by molar-refractivity contribution is 0.178. The molecule has 0 aromatic carbocycles. The maximum Gasteiger partial charge on any atom is 0.158 e. The van der Waals surface area contributed by atoms with E-state index in [2.05, 4.69) is 48.3 Å². The van der Waals surface area contributed by atoms with Gasteiger partial charge in [-0.25, -0.2) is 9.97 Å². The highest BCUT2D eigenvalue weighted by atomic mass is 16.5.